The van der Waals surface area contributed by atoms with E-state index in [1.165, 1.54) is 37.8 Å². The minimum Gasteiger partial charge on any atom is -0.315 e. The molecule has 0 saturated heterocycles. The van der Waals surface area contributed by atoms with Crippen molar-refractivity contribution in [2.24, 2.45) is 5.92 Å². The first kappa shape index (κ1) is 16.5. The zero-order valence-corrected chi connectivity index (χ0v) is 14.0. The molecule has 0 amide bonds. The summed E-state index contributed by atoms with van der Waals surface area (Å²) in [5.74, 6) is 0.721. The Morgan fingerprint density at radius 1 is 1.14 bits per heavy atom. The van der Waals surface area contributed by atoms with Crippen molar-refractivity contribution in [1.29, 1.82) is 0 Å². The second-order valence-electron chi connectivity index (χ2n) is 6.76. The summed E-state index contributed by atoms with van der Waals surface area (Å²) >= 11 is 0. The minimum atomic E-state index is 0.511. The van der Waals surface area contributed by atoms with E-state index in [4.69, 9.17) is 0 Å². The van der Waals surface area contributed by atoms with Crippen LogP contribution < -0.4 is 5.32 Å². The monoisotopic (exact) mass is 288 g/mol. The molecular formula is C19H32N2. The van der Waals surface area contributed by atoms with Crippen LogP contribution in [0.15, 0.2) is 30.3 Å². The third kappa shape index (κ3) is 4.82. The highest BCUT2D eigenvalue weighted by molar-refractivity contribution is 5.20. The second kappa shape index (κ2) is 8.55. The molecule has 2 heteroatoms. The Labute approximate surface area is 130 Å². The molecule has 1 fully saturated rings. The molecular weight excluding hydrogens is 256 g/mol. The standard InChI is InChI=1S/C19H32N2/c1-4-20-14-19(17-10-6-5-7-11-17)21(15-16(2)3)18-12-8-9-13-18/h5-7,10-11,16,18-20H,4,8-9,12-15H2,1-3H3. The maximum absolute atomic E-state index is 3.58. The zero-order chi connectivity index (χ0) is 15.1. The average molecular weight is 288 g/mol. The predicted molar refractivity (Wildman–Crippen MR) is 91.5 cm³/mol. The van der Waals surface area contributed by atoms with Crippen molar-refractivity contribution in [1.82, 2.24) is 10.2 Å². The van der Waals surface area contributed by atoms with Crippen LogP contribution >= 0.6 is 0 Å². The van der Waals surface area contributed by atoms with Crippen LogP contribution in [-0.2, 0) is 0 Å². The molecule has 0 spiro atoms. The van der Waals surface area contributed by atoms with Crippen LogP contribution in [0.5, 0.6) is 0 Å². The molecule has 118 valence electrons. The molecule has 2 nitrogen and oxygen atoms in total. The van der Waals surface area contributed by atoms with E-state index in [2.05, 4.69) is 61.3 Å². The van der Waals surface area contributed by atoms with E-state index >= 15 is 0 Å². The van der Waals surface area contributed by atoms with Crippen molar-refractivity contribution in [3.8, 4) is 0 Å². The number of benzene rings is 1. The van der Waals surface area contributed by atoms with E-state index in [-0.39, 0.29) is 0 Å². The molecule has 0 bridgehead atoms. The highest BCUT2D eigenvalue weighted by Gasteiger charge is 2.29. The normalized spacial score (nSPS) is 17.8. The van der Waals surface area contributed by atoms with Crippen molar-refractivity contribution in [3.05, 3.63) is 35.9 Å². The molecule has 2 rings (SSSR count). The fourth-order valence-electron chi connectivity index (χ4n) is 3.57. The summed E-state index contributed by atoms with van der Waals surface area (Å²) in [6.07, 6.45) is 5.56. The van der Waals surface area contributed by atoms with Crippen molar-refractivity contribution in [3.63, 3.8) is 0 Å². The molecule has 0 aliphatic heterocycles. The van der Waals surface area contributed by atoms with E-state index < -0.39 is 0 Å². The van der Waals surface area contributed by atoms with Gasteiger partial charge in [-0.2, -0.15) is 0 Å². The van der Waals surface area contributed by atoms with Gasteiger partial charge >= 0.3 is 0 Å². The average Bonchev–Trinajstić information content (AvgIpc) is 3.01. The van der Waals surface area contributed by atoms with Crippen molar-refractivity contribution >= 4 is 0 Å². The van der Waals surface area contributed by atoms with Crippen LogP contribution in [-0.4, -0.2) is 30.6 Å². The van der Waals surface area contributed by atoms with Gasteiger partial charge in [0.05, 0.1) is 0 Å². The molecule has 21 heavy (non-hydrogen) atoms. The number of nitrogens with one attached hydrogen (secondary N) is 1. The van der Waals surface area contributed by atoms with Gasteiger partial charge in [0.25, 0.3) is 0 Å². The van der Waals surface area contributed by atoms with E-state index in [0.717, 1.165) is 25.0 Å². The highest BCUT2D eigenvalue weighted by atomic mass is 15.2. The zero-order valence-electron chi connectivity index (χ0n) is 14.0. The maximum atomic E-state index is 3.58. The lowest BCUT2D eigenvalue weighted by Gasteiger charge is -2.38. The summed E-state index contributed by atoms with van der Waals surface area (Å²) in [7, 11) is 0. The molecule has 1 aliphatic carbocycles. The molecule has 1 unspecified atom stereocenters. The van der Waals surface area contributed by atoms with E-state index in [9.17, 15) is 0 Å². The first-order chi connectivity index (χ1) is 10.2. The molecule has 0 radical (unpaired) electrons. The van der Waals surface area contributed by atoms with Gasteiger partial charge in [-0.05, 0) is 30.9 Å². The minimum absolute atomic E-state index is 0.511. The van der Waals surface area contributed by atoms with Crippen LogP contribution in [0.2, 0.25) is 0 Å². The first-order valence-electron chi connectivity index (χ1n) is 8.73. The van der Waals surface area contributed by atoms with Gasteiger partial charge < -0.3 is 5.32 Å². The van der Waals surface area contributed by atoms with Gasteiger partial charge in [-0.3, -0.25) is 4.90 Å². The van der Waals surface area contributed by atoms with Gasteiger partial charge in [0.2, 0.25) is 0 Å². The number of nitrogens with zero attached hydrogens (tertiary/aromatic N) is 1. The Balaban J connectivity index is 2.20. The molecule has 1 atom stereocenters. The van der Waals surface area contributed by atoms with Crippen LogP contribution in [0.1, 0.15) is 58.1 Å². The van der Waals surface area contributed by atoms with Gasteiger partial charge in [0, 0.05) is 25.2 Å². The Morgan fingerprint density at radius 3 is 2.38 bits per heavy atom. The smallest absolute Gasteiger partial charge is 0.0475 e. The predicted octanol–water partition coefficient (Wildman–Crippen LogP) is 4.24. The van der Waals surface area contributed by atoms with Crippen LogP contribution in [0.25, 0.3) is 0 Å². The van der Waals surface area contributed by atoms with Gasteiger partial charge in [-0.15, -0.1) is 0 Å². The van der Waals surface area contributed by atoms with Crippen molar-refractivity contribution in [2.45, 2.75) is 58.5 Å². The summed E-state index contributed by atoms with van der Waals surface area (Å²) < 4.78 is 0. The third-order valence-corrected chi connectivity index (χ3v) is 4.54. The summed E-state index contributed by atoms with van der Waals surface area (Å²) in [5.41, 5.74) is 1.46. The fourth-order valence-corrected chi connectivity index (χ4v) is 3.57. The van der Waals surface area contributed by atoms with E-state index in [1.807, 2.05) is 0 Å². The lowest BCUT2D eigenvalue weighted by molar-refractivity contribution is 0.116. The fraction of sp³-hybridized carbons (Fsp3) is 0.684. The van der Waals surface area contributed by atoms with Gasteiger partial charge in [-0.1, -0.05) is 63.9 Å². The molecule has 1 aliphatic rings. The Kier molecular flexibility index (Phi) is 6.72. The summed E-state index contributed by atoms with van der Waals surface area (Å²) in [5, 5.41) is 3.58. The molecule has 1 aromatic rings. The van der Waals surface area contributed by atoms with Crippen LogP contribution in [0.4, 0.5) is 0 Å². The topological polar surface area (TPSA) is 15.3 Å². The number of likely N-dealkylation sites (N-methyl/N-ethyl adjacent to an activating group) is 1. The molecule has 1 aromatic carbocycles. The summed E-state index contributed by atoms with van der Waals surface area (Å²) in [4.78, 5) is 2.79. The molecule has 1 saturated carbocycles. The highest BCUT2D eigenvalue weighted by Crippen LogP contribution is 2.31. The summed E-state index contributed by atoms with van der Waals surface area (Å²) in [6, 6.07) is 12.4. The lowest BCUT2D eigenvalue weighted by atomic mass is 10.00. The number of hydrogen-bond donors (Lipinski definition) is 1. The second-order valence-corrected chi connectivity index (χ2v) is 6.76. The number of hydrogen-bond acceptors (Lipinski definition) is 2. The van der Waals surface area contributed by atoms with Gasteiger partial charge in [-0.25, -0.2) is 0 Å². The summed E-state index contributed by atoms with van der Waals surface area (Å²) in [6.45, 7) is 10.2. The van der Waals surface area contributed by atoms with Crippen LogP contribution in [0.3, 0.4) is 0 Å². The largest absolute Gasteiger partial charge is 0.315 e. The Bertz CT molecular complexity index is 382. The van der Waals surface area contributed by atoms with Crippen molar-refractivity contribution in [2.75, 3.05) is 19.6 Å². The molecule has 0 heterocycles. The quantitative estimate of drug-likeness (QED) is 0.770. The lowest BCUT2D eigenvalue weighted by Crippen LogP contribution is -2.43. The number of rotatable bonds is 8. The Morgan fingerprint density at radius 2 is 1.81 bits per heavy atom. The van der Waals surface area contributed by atoms with Gasteiger partial charge in [0.15, 0.2) is 0 Å². The van der Waals surface area contributed by atoms with E-state index in [0.29, 0.717) is 6.04 Å². The third-order valence-electron chi connectivity index (χ3n) is 4.54. The SMILES string of the molecule is CCNCC(c1ccccc1)N(CC(C)C)C1CCCC1. The Hall–Kier alpha value is -0.860. The van der Waals surface area contributed by atoms with Gasteiger partial charge in [0.1, 0.15) is 0 Å². The molecule has 1 N–H and O–H groups in total. The first-order valence-corrected chi connectivity index (χ1v) is 8.73. The maximum Gasteiger partial charge on any atom is 0.0475 e. The van der Waals surface area contributed by atoms with Crippen LogP contribution in [0, 0.1) is 5.92 Å². The van der Waals surface area contributed by atoms with Crippen molar-refractivity contribution < 1.29 is 0 Å². The molecule has 0 aromatic heterocycles. The van der Waals surface area contributed by atoms with E-state index in [1.54, 1.807) is 0 Å².